The van der Waals surface area contributed by atoms with Crippen LogP contribution in [-0.4, -0.2) is 73.7 Å². The molecule has 0 saturated heterocycles. The van der Waals surface area contributed by atoms with E-state index in [1.54, 1.807) is 35.5 Å². The number of carbonyl (C=O) groups excluding carboxylic acids is 1. The summed E-state index contributed by atoms with van der Waals surface area (Å²) < 4.78 is 39.6. The number of halogens is 3. The van der Waals surface area contributed by atoms with Gasteiger partial charge in [-0.25, -0.2) is 9.97 Å². The van der Waals surface area contributed by atoms with Crippen LogP contribution in [0.2, 0.25) is 0 Å². The number of alkyl halides is 3. The second-order valence-corrected chi connectivity index (χ2v) is 8.29. The predicted octanol–water partition coefficient (Wildman–Crippen LogP) is 2.65. The van der Waals surface area contributed by atoms with Crippen molar-refractivity contribution < 1.29 is 28.2 Å². The molecule has 3 rings (SSSR count). The van der Waals surface area contributed by atoms with Gasteiger partial charge >= 0.3 is 12.1 Å². The zero-order chi connectivity index (χ0) is 25.2. The molecule has 2 heterocycles. The molecule has 0 aliphatic heterocycles. The van der Waals surface area contributed by atoms with Crippen molar-refractivity contribution in [1.29, 1.82) is 0 Å². The summed E-state index contributed by atoms with van der Waals surface area (Å²) in [4.78, 5) is 25.2. The van der Waals surface area contributed by atoms with Crippen molar-refractivity contribution >= 4 is 29.0 Å². The molecule has 0 aromatic carbocycles. The van der Waals surface area contributed by atoms with Crippen molar-refractivity contribution in [3.63, 3.8) is 0 Å². The predicted molar refractivity (Wildman–Crippen MR) is 121 cm³/mol. The van der Waals surface area contributed by atoms with E-state index in [2.05, 4.69) is 21.5 Å². The number of nitrogens with one attached hydrogen (secondary N) is 1. The molecule has 3 N–H and O–H groups in total. The zero-order valence-electron chi connectivity index (χ0n) is 19.0. The van der Waals surface area contributed by atoms with Gasteiger partial charge in [-0.2, -0.15) is 13.2 Å². The average Bonchev–Trinajstić information content (AvgIpc) is 3.32. The van der Waals surface area contributed by atoms with E-state index in [1.165, 1.54) is 6.07 Å². The summed E-state index contributed by atoms with van der Waals surface area (Å²) in [5, 5.41) is 23.5. The molecule has 0 spiro atoms. The third-order valence-corrected chi connectivity index (χ3v) is 5.85. The van der Waals surface area contributed by atoms with Crippen LogP contribution in [-0.2, 0) is 4.79 Å². The van der Waals surface area contributed by atoms with Gasteiger partial charge in [0.05, 0.1) is 23.2 Å². The van der Waals surface area contributed by atoms with Crippen LogP contribution in [0.3, 0.4) is 0 Å². The van der Waals surface area contributed by atoms with Gasteiger partial charge in [0.2, 0.25) is 0 Å². The summed E-state index contributed by atoms with van der Waals surface area (Å²) in [6.07, 6.45) is -1.01. The maximum atomic E-state index is 12.7. The molecular weight excluding hydrogens is 453 g/mol. The first-order valence-electron chi connectivity index (χ1n) is 10.5. The Labute approximate surface area is 194 Å². The normalized spacial score (nSPS) is 22.8. The van der Waals surface area contributed by atoms with Crippen LogP contribution in [0.25, 0.3) is 11.0 Å². The third-order valence-electron chi connectivity index (χ3n) is 5.85. The summed E-state index contributed by atoms with van der Waals surface area (Å²) in [7, 11) is 1.65. The van der Waals surface area contributed by atoms with Crippen LogP contribution < -0.4 is 5.32 Å². The lowest BCUT2D eigenvalue weighted by molar-refractivity contribution is -0.167. The lowest BCUT2D eigenvalue weighted by atomic mass is 10.0. The molecule has 2 aromatic rings. The van der Waals surface area contributed by atoms with E-state index in [-0.39, 0.29) is 22.8 Å². The highest BCUT2D eigenvalue weighted by Gasteiger charge is 2.44. The molecule has 184 valence electrons. The van der Waals surface area contributed by atoms with Crippen molar-refractivity contribution in [2.24, 2.45) is 10.9 Å². The fraction of sp³-hybridized carbons (Fsp3) is 0.455. The van der Waals surface area contributed by atoms with Crippen LogP contribution in [0.5, 0.6) is 0 Å². The Balaban J connectivity index is 1.88. The minimum atomic E-state index is -5.07. The Bertz CT molecular complexity index is 1120. The molecule has 9 nitrogen and oxygen atoms in total. The lowest BCUT2D eigenvalue weighted by Gasteiger charge is -2.27. The average molecular weight is 480 g/mol. The van der Waals surface area contributed by atoms with Gasteiger partial charge in [0.1, 0.15) is 23.9 Å². The first kappa shape index (κ1) is 25.4. The van der Waals surface area contributed by atoms with E-state index in [9.17, 15) is 28.2 Å². The van der Waals surface area contributed by atoms with Crippen molar-refractivity contribution in [2.75, 3.05) is 18.9 Å². The Morgan fingerprint density at radius 3 is 2.65 bits per heavy atom. The van der Waals surface area contributed by atoms with E-state index < -0.39 is 30.3 Å². The highest BCUT2D eigenvalue weighted by Crippen LogP contribution is 2.38. The number of hydrogen-bond acceptors (Lipinski definition) is 7. The second-order valence-electron chi connectivity index (χ2n) is 8.29. The van der Waals surface area contributed by atoms with Gasteiger partial charge in [0, 0.05) is 31.9 Å². The topological polar surface area (TPSA) is 116 Å². The molecule has 4 atom stereocenters. The van der Waals surface area contributed by atoms with Crippen molar-refractivity contribution in [3.8, 4) is 0 Å². The van der Waals surface area contributed by atoms with Gasteiger partial charge < -0.3 is 25.0 Å². The number of aliphatic imine (C=N–C) groups is 1. The van der Waals surface area contributed by atoms with E-state index in [0.29, 0.717) is 13.0 Å². The van der Waals surface area contributed by atoms with Crippen LogP contribution >= 0.6 is 0 Å². The number of aliphatic hydroxyl groups excluding tert-OH is 2. The molecule has 1 aliphatic rings. The first-order valence-corrected chi connectivity index (χ1v) is 10.5. The summed E-state index contributed by atoms with van der Waals surface area (Å²) in [6, 6.07) is 0.864. The SMILES string of the molecule is C=CN(C[C@H]1C[C@@H](n2ccc3c(NC(=O)C(F)(F)F)ncnc32)[C@H](O)[C@@H]1O)C(C=NC)=C(C)C. The lowest BCUT2D eigenvalue weighted by Crippen LogP contribution is -2.34. The molecule has 0 unspecified atom stereocenters. The Morgan fingerprint density at radius 2 is 2.06 bits per heavy atom. The van der Waals surface area contributed by atoms with Crippen LogP contribution in [0.4, 0.5) is 19.0 Å². The van der Waals surface area contributed by atoms with Crippen LogP contribution in [0.1, 0.15) is 26.3 Å². The molecule has 0 radical (unpaired) electrons. The summed E-state index contributed by atoms with van der Waals surface area (Å²) in [6.45, 7) is 8.06. The first-order chi connectivity index (χ1) is 16.0. The molecule has 12 heteroatoms. The minimum Gasteiger partial charge on any atom is -0.390 e. The summed E-state index contributed by atoms with van der Waals surface area (Å²) >= 11 is 0. The molecule has 34 heavy (non-hydrogen) atoms. The number of rotatable bonds is 7. The molecule has 1 saturated carbocycles. The number of nitrogens with zero attached hydrogens (tertiary/aromatic N) is 5. The molecule has 2 aromatic heterocycles. The molecular formula is C22H27F3N6O3. The number of aliphatic hydroxyl groups is 2. The monoisotopic (exact) mass is 480 g/mol. The van der Waals surface area contributed by atoms with Gasteiger partial charge in [-0.1, -0.05) is 12.2 Å². The number of allylic oxidation sites excluding steroid dienone is 2. The fourth-order valence-corrected chi connectivity index (χ4v) is 4.21. The minimum absolute atomic E-state index is 0.184. The number of aromatic nitrogens is 3. The summed E-state index contributed by atoms with van der Waals surface area (Å²) in [5.74, 6) is -2.78. The standard InChI is InChI=1S/C22H27F3N6O3/c1-5-30(16(9-26-4)12(2)3)10-13-8-15(18(33)17(13)32)31-7-6-14-19(27-11-28-20(14)31)29-21(34)22(23,24)25/h5-7,9,11,13,15,17-18,32-33H,1,8,10H2,2-4H3,(H,27,28,29,34)/t13-,15-,17-,18+/m1/s1. The van der Waals surface area contributed by atoms with Gasteiger partial charge in [-0.05, 0) is 32.5 Å². The van der Waals surface area contributed by atoms with E-state index in [1.807, 2.05) is 18.7 Å². The number of fused-ring (bicyclic) bond motifs is 1. The molecule has 1 amide bonds. The maximum Gasteiger partial charge on any atom is 0.471 e. The smallest absolute Gasteiger partial charge is 0.390 e. The third kappa shape index (κ3) is 4.97. The number of hydrogen-bond donors (Lipinski definition) is 3. The maximum absolute atomic E-state index is 12.7. The van der Waals surface area contributed by atoms with E-state index in [4.69, 9.17) is 0 Å². The highest BCUT2D eigenvalue weighted by molar-refractivity contribution is 6.00. The Hall–Kier alpha value is -3.25. The quantitative estimate of drug-likeness (QED) is 0.525. The summed E-state index contributed by atoms with van der Waals surface area (Å²) in [5.41, 5.74) is 2.05. The Morgan fingerprint density at radius 1 is 1.35 bits per heavy atom. The largest absolute Gasteiger partial charge is 0.471 e. The van der Waals surface area contributed by atoms with Gasteiger partial charge in [-0.3, -0.25) is 9.79 Å². The van der Waals surface area contributed by atoms with E-state index >= 15 is 0 Å². The fourth-order valence-electron chi connectivity index (χ4n) is 4.21. The van der Waals surface area contributed by atoms with Gasteiger partial charge in [0.25, 0.3) is 0 Å². The van der Waals surface area contributed by atoms with Crippen LogP contribution in [0, 0.1) is 5.92 Å². The molecule has 1 fully saturated rings. The zero-order valence-corrected chi connectivity index (χ0v) is 19.0. The van der Waals surface area contributed by atoms with E-state index in [0.717, 1.165) is 17.6 Å². The van der Waals surface area contributed by atoms with Crippen molar-refractivity contribution in [2.45, 2.75) is 44.7 Å². The number of amides is 1. The molecule has 0 bridgehead atoms. The number of anilines is 1. The molecule has 1 aliphatic carbocycles. The highest BCUT2D eigenvalue weighted by atomic mass is 19.4. The van der Waals surface area contributed by atoms with Crippen LogP contribution in [0.15, 0.2) is 47.6 Å². The van der Waals surface area contributed by atoms with Gasteiger partial charge in [-0.15, -0.1) is 0 Å². The number of carbonyl (C=O) groups is 1. The van der Waals surface area contributed by atoms with Gasteiger partial charge in [0.15, 0.2) is 0 Å². The van der Waals surface area contributed by atoms with Crippen molar-refractivity contribution in [1.82, 2.24) is 19.4 Å². The van der Waals surface area contributed by atoms with Crippen molar-refractivity contribution in [3.05, 3.63) is 42.6 Å². The Kier molecular flexibility index (Phi) is 7.41. The second kappa shape index (κ2) is 9.94.